The summed E-state index contributed by atoms with van der Waals surface area (Å²) in [6.45, 7) is 9.35. The molecule has 0 unspecified atom stereocenters. The van der Waals surface area contributed by atoms with E-state index in [0.717, 1.165) is 29.7 Å². The molecule has 9 rings (SSSR count). The SMILES string of the molecule is CCn1c2ccccc2c2cc(C(c3ccc4c(c3)c3cc(Cl)ccc3n4CC)c3ccc4c(c3)c3cc(Cl)ccc3n4CC)ccc21. The Kier molecular flexibility index (Phi) is 6.86. The van der Waals surface area contributed by atoms with Crippen LogP contribution < -0.4 is 0 Å². The van der Waals surface area contributed by atoms with Crippen LogP contribution in [-0.2, 0) is 19.6 Å². The number of aryl methyl sites for hydroxylation is 3. The molecule has 0 N–H and O–H groups in total. The van der Waals surface area contributed by atoms with Gasteiger partial charge in [0.25, 0.3) is 0 Å². The van der Waals surface area contributed by atoms with Gasteiger partial charge in [-0.05, 0) is 116 Å². The van der Waals surface area contributed by atoms with Gasteiger partial charge in [0.15, 0.2) is 0 Å². The van der Waals surface area contributed by atoms with Crippen LogP contribution in [0.1, 0.15) is 43.4 Å². The molecule has 0 aliphatic rings. The lowest BCUT2D eigenvalue weighted by molar-refractivity contribution is 0.826. The first-order valence-electron chi connectivity index (χ1n) is 16.9. The molecule has 0 saturated heterocycles. The van der Waals surface area contributed by atoms with Gasteiger partial charge in [0.1, 0.15) is 0 Å². The van der Waals surface area contributed by atoms with Gasteiger partial charge in [-0.15, -0.1) is 0 Å². The molecular weight excluding hydrogens is 629 g/mol. The fourth-order valence-corrected chi connectivity index (χ4v) is 8.74. The molecule has 0 amide bonds. The second-order valence-electron chi connectivity index (χ2n) is 12.8. The molecule has 0 saturated carbocycles. The first kappa shape index (κ1) is 29.4. The van der Waals surface area contributed by atoms with Gasteiger partial charge in [-0.3, -0.25) is 0 Å². The molecule has 3 heterocycles. The van der Waals surface area contributed by atoms with Crippen LogP contribution in [0.2, 0.25) is 10.0 Å². The van der Waals surface area contributed by atoms with Crippen LogP contribution in [0.5, 0.6) is 0 Å². The van der Waals surface area contributed by atoms with E-state index in [1.165, 1.54) is 82.1 Å². The molecule has 0 radical (unpaired) electrons. The summed E-state index contributed by atoms with van der Waals surface area (Å²) >= 11 is 13.2. The van der Waals surface area contributed by atoms with Crippen molar-refractivity contribution in [2.75, 3.05) is 0 Å². The molecule has 3 aromatic heterocycles. The molecule has 0 bridgehead atoms. The summed E-state index contributed by atoms with van der Waals surface area (Å²) < 4.78 is 7.20. The van der Waals surface area contributed by atoms with Crippen molar-refractivity contribution in [2.45, 2.75) is 46.3 Å². The molecule has 48 heavy (non-hydrogen) atoms. The summed E-state index contributed by atoms with van der Waals surface area (Å²) in [6.07, 6.45) is 0. The quantitative estimate of drug-likeness (QED) is 0.157. The molecule has 3 nitrogen and oxygen atoms in total. The highest BCUT2D eigenvalue weighted by molar-refractivity contribution is 6.32. The van der Waals surface area contributed by atoms with Crippen LogP contribution in [0.3, 0.4) is 0 Å². The molecule has 5 heteroatoms. The lowest BCUT2D eigenvalue weighted by atomic mass is 9.83. The molecule has 0 aliphatic carbocycles. The summed E-state index contributed by atoms with van der Waals surface area (Å²) in [7, 11) is 0. The van der Waals surface area contributed by atoms with Crippen LogP contribution in [0.25, 0.3) is 65.4 Å². The van der Waals surface area contributed by atoms with E-state index in [9.17, 15) is 0 Å². The fraction of sp³-hybridized carbons (Fsp3) is 0.163. The molecular formula is C43H35Cl2N3. The fourth-order valence-electron chi connectivity index (χ4n) is 8.40. The second kappa shape index (κ2) is 11.2. The highest BCUT2D eigenvalue weighted by Gasteiger charge is 2.23. The molecule has 236 valence electrons. The van der Waals surface area contributed by atoms with Gasteiger partial charge in [-0.25, -0.2) is 0 Å². The average Bonchev–Trinajstić information content (AvgIpc) is 3.72. The molecule has 6 aromatic carbocycles. The zero-order valence-electron chi connectivity index (χ0n) is 27.3. The van der Waals surface area contributed by atoms with E-state index >= 15 is 0 Å². The predicted octanol–water partition coefficient (Wildman–Crippen LogP) is 12.6. The number of rotatable bonds is 6. The average molecular weight is 665 g/mol. The smallest absolute Gasteiger partial charge is 0.0492 e. The molecule has 0 atom stereocenters. The van der Waals surface area contributed by atoms with Crippen molar-refractivity contribution >= 4 is 88.6 Å². The van der Waals surface area contributed by atoms with Gasteiger partial charge in [-0.2, -0.15) is 0 Å². The summed E-state index contributed by atoms with van der Waals surface area (Å²) in [6, 6.07) is 42.5. The maximum Gasteiger partial charge on any atom is 0.0492 e. The Morgan fingerprint density at radius 2 is 0.729 bits per heavy atom. The third-order valence-electron chi connectivity index (χ3n) is 10.4. The minimum absolute atomic E-state index is 0.00496. The van der Waals surface area contributed by atoms with Gasteiger partial charge in [-0.1, -0.05) is 59.6 Å². The third-order valence-corrected chi connectivity index (χ3v) is 10.9. The van der Waals surface area contributed by atoms with Crippen molar-refractivity contribution in [3.8, 4) is 0 Å². The van der Waals surface area contributed by atoms with Gasteiger partial charge in [0.2, 0.25) is 0 Å². The number of halogens is 2. The summed E-state index contributed by atoms with van der Waals surface area (Å²) in [5, 5.41) is 8.95. The van der Waals surface area contributed by atoms with Crippen molar-refractivity contribution in [1.82, 2.24) is 13.7 Å². The Labute approximate surface area is 289 Å². The van der Waals surface area contributed by atoms with Crippen LogP contribution in [-0.4, -0.2) is 13.7 Å². The normalized spacial score (nSPS) is 12.3. The number of para-hydroxylation sites is 1. The van der Waals surface area contributed by atoms with Crippen molar-refractivity contribution in [2.24, 2.45) is 0 Å². The summed E-state index contributed by atoms with van der Waals surface area (Å²) in [4.78, 5) is 0. The lowest BCUT2D eigenvalue weighted by Gasteiger charge is -2.20. The Morgan fingerprint density at radius 1 is 0.396 bits per heavy atom. The minimum Gasteiger partial charge on any atom is -0.341 e. The van der Waals surface area contributed by atoms with E-state index in [-0.39, 0.29) is 5.92 Å². The van der Waals surface area contributed by atoms with E-state index in [0.29, 0.717) is 0 Å². The van der Waals surface area contributed by atoms with Crippen LogP contribution in [0, 0.1) is 0 Å². The highest BCUT2D eigenvalue weighted by atomic mass is 35.5. The van der Waals surface area contributed by atoms with Crippen molar-refractivity contribution in [3.63, 3.8) is 0 Å². The van der Waals surface area contributed by atoms with E-state index in [1.807, 2.05) is 12.1 Å². The number of nitrogens with zero attached hydrogens (tertiary/aromatic N) is 3. The zero-order valence-corrected chi connectivity index (χ0v) is 28.8. The summed E-state index contributed by atoms with van der Waals surface area (Å²) in [5.74, 6) is 0.00496. The molecule has 9 aromatic rings. The highest BCUT2D eigenvalue weighted by Crippen LogP contribution is 2.42. The second-order valence-corrected chi connectivity index (χ2v) is 13.7. The maximum absolute atomic E-state index is 6.59. The first-order chi connectivity index (χ1) is 23.5. The number of benzene rings is 6. The maximum atomic E-state index is 6.59. The number of aromatic nitrogens is 3. The van der Waals surface area contributed by atoms with Gasteiger partial charge >= 0.3 is 0 Å². The first-order valence-corrected chi connectivity index (χ1v) is 17.7. The van der Waals surface area contributed by atoms with Crippen molar-refractivity contribution in [1.29, 1.82) is 0 Å². The van der Waals surface area contributed by atoms with Crippen LogP contribution in [0.15, 0.2) is 115 Å². The Hall–Kier alpha value is -4.70. The Morgan fingerprint density at radius 3 is 1.15 bits per heavy atom. The number of hydrogen-bond acceptors (Lipinski definition) is 0. The van der Waals surface area contributed by atoms with Gasteiger partial charge in [0.05, 0.1) is 0 Å². The van der Waals surface area contributed by atoms with Gasteiger partial charge < -0.3 is 13.7 Å². The predicted molar refractivity (Wildman–Crippen MR) is 206 cm³/mol. The largest absolute Gasteiger partial charge is 0.341 e. The Balaban J connectivity index is 1.34. The van der Waals surface area contributed by atoms with Gasteiger partial charge in [0, 0.05) is 101 Å². The molecule has 0 fully saturated rings. The topological polar surface area (TPSA) is 14.8 Å². The minimum atomic E-state index is 0.00496. The zero-order chi connectivity index (χ0) is 32.7. The number of fused-ring (bicyclic) bond motifs is 9. The van der Waals surface area contributed by atoms with Crippen LogP contribution in [0.4, 0.5) is 0 Å². The van der Waals surface area contributed by atoms with E-state index in [2.05, 4.69) is 138 Å². The monoisotopic (exact) mass is 663 g/mol. The van der Waals surface area contributed by atoms with E-state index in [4.69, 9.17) is 23.2 Å². The van der Waals surface area contributed by atoms with Crippen molar-refractivity contribution in [3.05, 3.63) is 142 Å². The van der Waals surface area contributed by atoms with Crippen molar-refractivity contribution < 1.29 is 0 Å². The molecule has 0 aliphatic heterocycles. The summed E-state index contributed by atoms with van der Waals surface area (Å²) in [5.41, 5.74) is 11.2. The Bertz CT molecular complexity index is 2600. The molecule has 0 spiro atoms. The standard InChI is InChI=1S/C43H35Cl2N3/c1-4-46-37-10-8-7-9-31(37)32-21-26(11-16-38(32)46)43(27-12-17-39-33(22-27)35-24-29(44)14-19-41(35)47(39)5-2)28-13-18-40-34(23-28)36-25-30(45)15-20-42(36)48(40)6-3/h7-25,43H,4-6H2,1-3H3. The number of hydrogen-bond donors (Lipinski definition) is 0. The van der Waals surface area contributed by atoms with E-state index in [1.54, 1.807) is 0 Å². The van der Waals surface area contributed by atoms with E-state index < -0.39 is 0 Å². The lowest BCUT2D eigenvalue weighted by Crippen LogP contribution is -2.04. The van der Waals surface area contributed by atoms with Crippen LogP contribution >= 0.6 is 23.2 Å². The third kappa shape index (κ3) is 4.27.